The van der Waals surface area contributed by atoms with E-state index in [1.807, 2.05) is 0 Å². The predicted octanol–water partition coefficient (Wildman–Crippen LogP) is -1.53. The molecule has 0 aliphatic carbocycles. The Morgan fingerprint density at radius 3 is 2.87 bits per heavy atom. The molecule has 0 aliphatic heterocycles. The minimum atomic E-state index is -1.11. The van der Waals surface area contributed by atoms with Crippen LogP contribution in [-0.2, 0) is 11.3 Å². The number of tetrazole rings is 1. The summed E-state index contributed by atoms with van der Waals surface area (Å²) in [6, 6.07) is -1.55. The highest BCUT2D eigenvalue weighted by atomic mass is 16.4. The van der Waals surface area contributed by atoms with Gasteiger partial charge in [0.1, 0.15) is 6.04 Å². The van der Waals surface area contributed by atoms with E-state index in [-0.39, 0.29) is 6.54 Å². The van der Waals surface area contributed by atoms with Crippen molar-refractivity contribution >= 4 is 12.0 Å². The van der Waals surface area contributed by atoms with Crippen molar-refractivity contribution in [3.63, 3.8) is 0 Å². The van der Waals surface area contributed by atoms with Crippen LogP contribution in [0.5, 0.6) is 0 Å². The maximum absolute atomic E-state index is 11.1. The highest BCUT2D eigenvalue weighted by Gasteiger charge is 2.13. The lowest BCUT2D eigenvalue weighted by Gasteiger charge is -2.09. The highest BCUT2D eigenvalue weighted by molar-refractivity contribution is 5.81. The lowest BCUT2D eigenvalue weighted by molar-refractivity contribution is -0.138. The quantitative estimate of drug-likeness (QED) is 0.480. The molecule has 2 amide bonds. The molecule has 15 heavy (non-hydrogen) atoms. The summed E-state index contributed by atoms with van der Waals surface area (Å²) in [5.74, 6) is -0.794. The van der Waals surface area contributed by atoms with Crippen LogP contribution in [0.25, 0.3) is 0 Å². The summed E-state index contributed by atoms with van der Waals surface area (Å²) < 4.78 is 0. The molecule has 1 atom stereocenters. The van der Waals surface area contributed by atoms with Crippen LogP contribution < -0.4 is 10.6 Å². The molecule has 9 nitrogen and oxygen atoms in total. The number of carbonyl (C=O) groups excluding carboxylic acids is 1. The number of nitrogens with zero attached hydrogens (tertiary/aromatic N) is 3. The van der Waals surface area contributed by atoms with Crippen molar-refractivity contribution in [1.29, 1.82) is 0 Å². The van der Waals surface area contributed by atoms with Crippen LogP contribution in [0.1, 0.15) is 12.7 Å². The summed E-state index contributed by atoms with van der Waals surface area (Å²) in [5, 5.41) is 25.8. The smallest absolute Gasteiger partial charge is 0.325 e. The third kappa shape index (κ3) is 3.58. The Morgan fingerprint density at radius 2 is 2.33 bits per heavy atom. The zero-order valence-corrected chi connectivity index (χ0v) is 7.89. The molecule has 1 aromatic rings. The Bertz CT molecular complexity index is 337. The number of aromatic amines is 1. The summed E-state index contributed by atoms with van der Waals surface area (Å²) in [7, 11) is 0. The van der Waals surface area contributed by atoms with E-state index in [4.69, 9.17) is 5.11 Å². The van der Waals surface area contributed by atoms with Crippen molar-refractivity contribution in [2.24, 2.45) is 0 Å². The van der Waals surface area contributed by atoms with Gasteiger partial charge in [-0.05, 0) is 6.92 Å². The van der Waals surface area contributed by atoms with Crippen molar-refractivity contribution in [3.05, 3.63) is 5.82 Å². The minimum Gasteiger partial charge on any atom is -0.480 e. The molecule has 1 heterocycles. The molecule has 0 aromatic carbocycles. The van der Waals surface area contributed by atoms with Gasteiger partial charge in [0.15, 0.2) is 5.82 Å². The Morgan fingerprint density at radius 1 is 1.60 bits per heavy atom. The van der Waals surface area contributed by atoms with E-state index in [2.05, 4.69) is 31.3 Å². The Labute approximate surface area is 84.2 Å². The molecule has 82 valence electrons. The first-order valence-corrected chi connectivity index (χ1v) is 4.09. The van der Waals surface area contributed by atoms with Crippen LogP contribution >= 0.6 is 0 Å². The maximum atomic E-state index is 11.1. The van der Waals surface area contributed by atoms with E-state index in [1.54, 1.807) is 0 Å². The Hall–Kier alpha value is -2.19. The van der Waals surface area contributed by atoms with Crippen molar-refractivity contribution < 1.29 is 14.7 Å². The van der Waals surface area contributed by atoms with Gasteiger partial charge in [-0.15, -0.1) is 10.2 Å². The van der Waals surface area contributed by atoms with Gasteiger partial charge in [-0.25, -0.2) is 4.79 Å². The van der Waals surface area contributed by atoms with Crippen molar-refractivity contribution in [1.82, 2.24) is 31.3 Å². The van der Waals surface area contributed by atoms with Gasteiger partial charge < -0.3 is 15.7 Å². The third-order valence-corrected chi connectivity index (χ3v) is 1.51. The highest BCUT2D eigenvalue weighted by Crippen LogP contribution is 1.84. The molecule has 4 N–H and O–H groups in total. The normalized spacial score (nSPS) is 11.8. The van der Waals surface area contributed by atoms with Crippen LogP contribution in [-0.4, -0.2) is 43.8 Å². The first-order valence-electron chi connectivity index (χ1n) is 4.09. The van der Waals surface area contributed by atoms with Gasteiger partial charge in [0.2, 0.25) is 0 Å². The number of hydrogen-bond acceptors (Lipinski definition) is 5. The van der Waals surface area contributed by atoms with Crippen LogP contribution in [0.4, 0.5) is 4.79 Å². The second-order valence-electron chi connectivity index (χ2n) is 2.71. The second kappa shape index (κ2) is 4.88. The summed E-state index contributed by atoms with van der Waals surface area (Å²) in [6.45, 7) is 1.44. The van der Waals surface area contributed by atoms with Crippen LogP contribution in [0, 0.1) is 0 Å². The zero-order chi connectivity index (χ0) is 11.3. The van der Waals surface area contributed by atoms with E-state index in [1.165, 1.54) is 6.92 Å². The molecule has 0 fully saturated rings. The third-order valence-electron chi connectivity index (χ3n) is 1.51. The fourth-order valence-corrected chi connectivity index (χ4v) is 0.726. The average molecular weight is 214 g/mol. The molecular formula is C6H10N6O3. The van der Waals surface area contributed by atoms with E-state index in [0.29, 0.717) is 5.82 Å². The first kappa shape index (κ1) is 10.9. The number of hydrogen-bond donors (Lipinski definition) is 4. The lowest BCUT2D eigenvalue weighted by Crippen LogP contribution is -2.44. The van der Waals surface area contributed by atoms with E-state index in [0.717, 1.165) is 0 Å². The number of urea groups is 1. The minimum absolute atomic E-state index is 0.0780. The first-order chi connectivity index (χ1) is 7.09. The Kier molecular flexibility index (Phi) is 3.55. The van der Waals surface area contributed by atoms with Gasteiger partial charge in [-0.2, -0.15) is 5.21 Å². The number of aromatic nitrogens is 4. The molecule has 0 saturated carbocycles. The van der Waals surface area contributed by atoms with Crippen LogP contribution in [0.2, 0.25) is 0 Å². The molecule has 0 bridgehead atoms. The lowest BCUT2D eigenvalue weighted by atomic mass is 10.3. The summed E-state index contributed by atoms with van der Waals surface area (Å²) in [5.41, 5.74) is 0. The number of aliphatic carboxylic acids is 1. The number of nitrogens with one attached hydrogen (secondary N) is 3. The van der Waals surface area contributed by atoms with Gasteiger partial charge in [-0.1, -0.05) is 5.21 Å². The molecular weight excluding hydrogens is 204 g/mol. The monoisotopic (exact) mass is 214 g/mol. The van der Waals surface area contributed by atoms with E-state index in [9.17, 15) is 9.59 Å². The number of rotatable bonds is 4. The molecule has 0 saturated heterocycles. The van der Waals surface area contributed by atoms with Gasteiger partial charge in [0.05, 0.1) is 6.54 Å². The zero-order valence-electron chi connectivity index (χ0n) is 7.89. The topological polar surface area (TPSA) is 133 Å². The number of carboxylic acids is 1. The summed E-state index contributed by atoms with van der Waals surface area (Å²) in [4.78, 5) is 21.5. The van der Waals surface area contributed by atoms with Crippen molar-refractivity contribution in [3.8, 4) is 0 Å². The Balaban J connectivity index is 2.28. The van der Waals surface area contributed by atoms with Crippen molar-refractivity contribution in [2.45, 2.75) is 19.5 Å². The van der Waals surface area contributed by atoms with E-state index < -0.39 is 18.0 Å². The molecule has 9 heteroatoms. The predicted molar refractivity (Wildman–Crippen MR) is 46.6 cm³/mol. The van der Waals surface area contributed by atoms with Gasteiger partial charge in [-0.3, -0.25) is 4.79 Å². The van der Waals surface area contributed by atoms with Crippen LogP contribution in [0.15, 0.2) is 0 Å². The van der Waals surface area contributed by atoms with Crippen LogP contribution in [0.3, 0.4) is 0 Å². The molecule has 1 aromatic heterocycles. The maximum Gasteiger partial charge on any atom is 0.325 e. The van der Waals surface area contributed by atoms with Crippen molar-refractivity contribution in [2.75, 3.05) is 0 Å². The summed E-state index contributed by atoms with van der Waals surface area (Å²) in [6.07, 6.45) is 0. The number of H-pyrrole nitrogens is 1. The molecule has 0 aliphatic rings. The fraction of sp³-hybridized carbons (Fsp3) is 0.500. The molecule has 0 spiro atoms. The molecule has 1 unspecified atom stereocenters. The second-order valence-corrected chi connectivity index (χ2v) is 2.71. The largest absolute Gasteiger partial charge is 0.480 e. The van der Waals surface area contributed by atoms with Gasteiger partial charge in [0, 0.05) is 0 Å². The average Bonchev–Trinajstić information content (AvgIpc) is 2.66. The summed E-state index contributed by atoms with van der Waals surface area (Å²) >= 11 is 0. The van der Waals surface area contributed by atoms with E-state index >= 15 is 0 Å². The standard InChI is InChI=1S/C6H10N6O3/c1-3(5(13)14)8-6(15)7-2-4-9-11-12-10-4/h3H,2H2,1H3,(H,13,14)(H2,7,8,15)(H,9,10,11,12). The number of carboxylic acid groups (broad SMARTS) is 1. The molecule has 1 rings (SSSR count). The van der Waals surface area contributed by atoms with Gasteiger partial charge >= 0.3 is 12.0 Å². The number of amides is 2. The molecule has 0 radical (unpaired) electrons. The fourth-order valence-electron chi connectivity index (χ4n) is 0.726. The number of carbonyl (C=O) groups is 2. The SMILES string of the molecule is CC(NC(=O)NCc1nn[nH]n1)C(=O)O. The van der Waals surface area contributed by atoms with Gasteiger partial charge in [0.25, 0.3) is 0 Å².